The molecule has 0 spiro atoms. The van der Waals surface area contributed by atoms with E-state index in [1.54, 1.807) is 11.8 Å². The van der Waals surface area contributed by atoms with Gasteiger partial charge in [-0.15, -0.1) is 0 Å². The molecule has 4 nitrogen and oxygen atoms in total. The van der Waals surface area contributed by atoms with Crippen LogP contribution in [0.1, 0.15) is 30.5 Å². The van der Waals surface area contributed by atoms with Gasteiger partial charge in [0.05, 0.1) is 11.3 Å². The fourth-order valence-corrected chi connectivity index (χ4v) is 7.82. The Morgan fingerprint density at radius 1 is 0.549 bits per heavy atom. The van der Waals surface area contributed by atoms with Crippen molar-refractivity contribution < 1.29 is 0 Å². The molecule has 0 unspecified atom stereocenters. The molecule has 1 aliphatic rings. The van der Waals surface area contributed by atoms with Crippen LogP contribution in [0.5, 0.6) is 0 Å². The summed E-state index contributed by atoms with van der Waals surface area (Å²) < 4.78 is 0. The van der Waals surface area contributed by atoms with Gasteiger partial charge in [-0.2, -0.15) is 5.26 Å². The van der Waals surface area contributed by atoms with E-state index in [0.29, 0.717) is 10.6 Å². The molecule has 7 rings (SSSR count). The predicted octanol–water partition coefficient (Wildman–Crippen LogP) is 12.2. The Kier molecular flexibility index (Phi) is 10.2. The first-order valence-electron chi connectivity index (χ1n) is 17.3. The number of rotatable bonds is 10. The average molecular weight is 679 g/mol. The molecule has 0 saturated carbocycles. The molecule has 0 amide bonds. The molecule has 51 heavy (non-hydrogen) atoms. The third-order valence-electron chi connectivity index (χ3n) is 8.98. The highest BCUT2D eigenvalue weighted by Crippen LogP contribution is 2.50. The van der Waals surface area contributed by atoms with Crippen LogP contribution < -0.4 is 9.80 Å². The van der Waals surface area contributed by atoms with E-state index in [1.807, 2.05) is 60.7 Å². The van der Waals surface area contributed by atoms with Gasteiger partial charge in [-0.25, -0.2) is 4.99 Å². The van der Waals surface area contributed by atoms with Gasteiger partial charge in [-0.3, -0.25) is 0 Å². The highest BCUT2D eigenvalue weighted by Gasteiger charge is 2.32. The van der Waals surface area contributed by atoms with Crippen molar-refractivity contribution in [3.05, 3.63) is 197 Å². The Morgan fingerprint density at radius 3 is 1.39 bits per heavy atom. The van der Waals surface area contributed by atoms with Crippen LogP contribution >= 0.6 is 11.8 Å². The van der Waals surface area contributed by atoms with Crippen molar-refractivity contribution in [1.29, 1.82) is 5.26 Å². The van der Waals surface area contributed by atoms with Crippen LogP contribution in [0.2, 0.25) is 0 Å². The van der Waals surface area contributed by atoms with E-state index in [4.69, 9.17) is 4.99 Å². The quantitative estimate of drug-likeness (QED) is 0.145. The Hall–Kier alpha value is -6.09. The number of hydrogen-bond acceptors (Lipinski definition) is 5. The van der Waals surface area contributed by atoms with Crippen molar-refractivity contribution in [3.8, 4) is 6.07 Å². The maximum atomic E-state index is 10.7. The number of allylic oxidation sites excluding steroid dienone is 1. The minimum atomic E-state index is 0.582. The number of para-hydroxylation sites is 3. The van der Waals surface area contributed by atoms with Crippen molar-refractivity contribution in [2.45, 2.75) is 13.8 Å². The third-order valence-corrected chi connectivity index (χ3v) is 10.1. The van der Waals surface area contributed by atoms with Crippen LogP contribution in [0.3, 0.4) is 0 Å². The van der Waals surface area contributed by atoms with Crippen molar-refractivity contribution in [2.75, 3.05) is 22.9 Å². The summed E-state index contributed by atoms with van der Waals surface area (Å²) in [5.74, 6) is 0. The van der Waals surface area contributed by atoms with Crippen molar-refractivity contribution in [2.24, 2.45) is 4.99 Å². The number of anilines is 4. The van der Waals surface area contributed by atoms with Gasteiger partial charge in [0.2, 0.25) is 0 Å². The highest BCUT2D eigenvalue weighted by molar-refractivity contribution is 8.19. The van der Waals surface area contributed by atoms with E-state index in [9.17, 15) is 5.26 Å². The largest absolute Gasteiger partial charge is 0.342 e. The monoisotopic (exact) mass is 678 g/mol. The zero-order chi connectivity index (χ0) is 35.0. The molecule has 0 N–H and O–H groups in total. The first-order valence-corrected chi connectivity index (χ1v) is 18.1. The first-order chi connectivity index (χ1) is 25.2. The van der Waals surface area contributed by atoms with Gasteiger partial charge in [0.25, 0.3) is 0 Å². The Labute approximate surface area is 305 Å². The molecule has 0 aliphatic carbocycles. The number of nitriles is 1. The van der Waals surface area contributed by atoms with E-state index in [-0.39, 0.29) is 0 Å². The molecule has 6 aromatic rings. The fourth-order valence-electron chi connectivity index (χ4n) is 6.57. The Balaban J connectivity index is 1.42. The summed E-state index contributed by atoms with van der Waals surface area (Å²) in [5.41, 5.74) is 11.0. The normalized spacial score (nSPS) is 13.3. The molecule has 0 radical (unpaired) electrons. The van der Waals surface area contributed by atoms with E-state index in [1.165, 1.54) is 0 Å². The molecule has 0 fully saturated rings. The molecule has 5 heteroatoms. The van der Waals surface area contributed by atoms with Crippen LogP contribution in [0.25, 0.3) is 11.1 Å². The first kappa shape index (κ1) is 33.4. The van der Waals surface area contributed by atoms with Crippen LogP contribution in [-0.4, -0.2) is 18.1 Å². The second-order valence-electron chi connectivity index (χ2n) is 12.0. The van der Waals surface area contributed by atoms with E-state index in [2.05, 4.69) is 139 Å². The fraction of sp³-hybridized carbons (Fsp3) is 0.0870. The lowest BCUT2D eigenvalue weighted by Crippen LogP contribution is -2.15. The van der Waals surface area contributed by atoms with Crippen molar-refractivity contribution in [3.63, 3.8) is 0 Å². The summed E-state index contributed by atoms with van der Waals surface area (Å²) in [7, 11) is 0. The number of aliphatic imine (C=N–C) groups is 1. The second-order valence-corrected chi connectivity index (χ2v) is 13.0. The molecule has 1 heterocycles. The number of nitrogens with zero attached hydrogens (tertiary/aromatic N) is 4. The van der Waals surface area contributed by atoms with E-state index in [0.717, 1.165) is 74.3 Å². The predicted molar refractivity (Wildman–Crippen MR) is 217 cm³/mol. The molecular formula is C46H38N4S. The van der Waals surface area contributed by atoms with Crippen molar-refractivity contribution in [1.82, 2.24) is 0 Å². The van der Waals surface area contributed by atoms with E-state index < -0.39 is 0 Å². The molecule has 0 atom stereocenters. The summed E-state index contributed by atoms with van der Waals surface area (Å²) in [4.78, 5) is 10.7. The number of thioether (sulfide) groups is 1. The summed E-state index contributed by atoms with van der Waals surface area (Å²) in [5, 5.41) is 11.4. The number of hydrogen-bond donors (Lipinski definition) is 0. The smallest absolute Gasteiger partial charge is 0.120 e. The third kappa shape index (κ3) is 7.14. The van der Waals surface area contributed by atoms with Gasteiger partial charge in [-0.05, 0) is 91.2 Å². The molecular weight excluding hydrogens is 641 g/mol. The van der Waals surface area contributed by atoms with Gasteiger partial charge in [0.15, 0.2) is 0 Å². The van der Waals surface area contributed by atoms with Crippen molar-refractivity contribution >= 4 is 56.4 Å². The maximum Gasteiger partial charge on any atom is 0.120 e. The van der Waals surface area contributed by atoms with Crippen LogP contribution in [-0.2, 0) is 0 Å². The summed E-state index contributed by atoms with van der Waals surface area (Å²) in [6.07, 6.45) is 0. The van der Waals surface area contributed by atoms with Crippen LogP contribution in [0.15, 0.2) is 185 Å². The second kappa shape index (κ2) is 15.6. The molecule has 248 valence electrons. The lowest BCUT2D eigenvalue weighted by molar-refractivity contribution is 1.02. The molecule has 1 aliphatic heterocycles. The zero-order valence-electron chi connectivity index (χ0n) is 28.8. The maximum absolute atomic E-state index is 10.7. The number of benzene rings is 6. The standard InChI is InChI=1S/C46H38N4S/c1-3-49(38-21-13-7-14-22-38)40-29-25-35(26-30-40)43(36-27-31-41(32-28-36)50(4-2)39-23-15-8-16-24-39)45-44(34-17-9-5-10-18-34)42(33-47)46(51-45)48-37-19-11-6-12-20-37/h5-32H,3-4H2,1-2H3. The molecule has 0 aromatic heterocycles. The minimum Gasteiger partial charge on any atom is -0.342 e. The topological polar surface area (TPSA) is 42.6 Å². The molecule has 0 bridgehead atoms. The van der Waals surface area contributed by atoms with Gasteiger partial charge >= 0.3 is 0 Å². The molecule has 0 saturated heterocycles. The van der Waals surface area contributed by atoms with Gasteiger partial charge < -0.3 is 9.80 Å². The van der Waals surface area contributed by atoms with Crippen LogP contribution in [0, 0.1) is 11.3 Å². The zero-order valence-corrected chi connectivity index (χ0v) is 29.6. The Morgan fingerprint density at radius 2 is 0.961 bits per heavy atom. The summed E-state index contributed by atoms with van der Waals surface area (Å²) in [6, 6.07) is 61.3. The lowest BCUT2D eigenvalue weighted by Gasteiger charge is -2.25. The van der Waals surface area contributed by atoms with E-state index >= 15 is 0 Å². The van der Waals surface area contributed by atoms with Gasteiger partial charge in [-0.1, -0.05) is 121 Å². The summed E-state index contributed by atoms with van der Waals surface area (Å²) in [6.45, 7) is 6.04. The summed E-state index contributed by atoms with van der Waals surface area (Å²) >= 11 is 1.57. The lowest BCUT2D eigenvalue weighted by atomic mass is 9.91. The average Bonchev–Trinajstić information content (AvgIpc) is 3.55. The molecule has 6 aromatic carbocycles. The van der Waals surface area contributed by atoms with Gasteiger partial charge in [0.1, 0.15) is 11.1 Å². The van der Waals surface area contributed by atoms with Crippen LogP contribution in [0.4, 0.5) is 28.4 Å². The van der Waals surface area contributed by atoms with Gasteiger partial charge in [0, 0.05) is 51.9 Å². The highest BCUT2D eigenvalue weighted by atomic mass is 32.2. The SMILES string of the molecule is CCN(c1ccccc1)c1ccc(C(=C2SC(=Nc3ccccc3)C(C#N)=C2c2ccccc2)c2ccc(N(CC)c3ccccc3)cc2)cc1. The Bertz CT molecular complexity index is 2130. The minimum absolute atomic E-state index is 0.582.